The molecule has 4 heteroatoms. The Morgan fingerprint density at radius 2 is 2.06 bits per heavy atom. The van der Waals surface area contributed by atoms with Crippen LogP contribution in [0.1, 0.15) is 12.8 Å². The Morgan fingerprint density at radius 3 is 2.56 bits per heavy atom. The first kappa shape index (κ1) is 10.8. The van der Waals surface area contributed by atoms with E-state index < -0.39 is 0 Å². The van der Waals surface area contributed by atoms with E-state index in [4.69, 9.17) is 4.74 Å². The van der Waals surface area contributed by atoms with E-state index in [1.807, 2.05) is 31.3 Å². The molecule has 2 rings (SSSR count). The average molecular weight is 220 g/mol. The SMILES string of the molecule is COc1ccc(N[C@H]2CCC(=O)N2C)cc1. The summed E-state index contributed by atoms with van der Waals surface area (Å²) in [5.41, 5.74) is 1.01. The lowest BCUT2D eigenvalue weighted by Gasteiger charge is -2.22. The van der Waals surface area contributed by atoms with Gasteiger partial charge in [-0.05, 0) is 30.7 Å². The Bertz CT molecular complexity index is 375. The highest BCUT2D eigenvalue weighted by Crippen LogP contribution is 2.21. The van der Waals surface area contributed by atoms with Crippen molar-refractivity contribution in [2.45, 2.75) is 19.0 Å². The first-order chi connectivity index (χ1) is 7.70. The molecular weight excluding hydrogens is 204 g/mol. The predicted octanol–water partition coefficient (Wildman–Crippen LogP) is 1.69. The first-order valence-electron chi connectivity index (χ1n) is 5.37. The largest absolute Gasteiger partial charge is 0.497 e. The monoisotopic (exact) mass is 220 g/mol. The lowest BCUT2D eigenvalue weighted by molar-refractivity contribution is -0.127. The number of nitrogens with one attached hydrogen (secondary N) is 1. The van der Waals surface area contributed by atoms with Gasteiger partial charge < -0.3 is 15.0 Å². The van der Waals surface area contributed by atoms with Gasteiger partial charge in [-0.1, -0.05) is 0 Å². The predicted molar refractivity (Wildman–Crippen MR) is 62.4 cm³/mol. The zero-order valence-electron chi connectivity index (χ0n) is 9.56. The third kappa shape index (κ3) is 2.10. The second-order valence-corrected chi connectivity index (χ2v) is 3.93. The minimum absolute atomic E-state index is 0.112. The van der Waals surface area contributed by atoms with Gasteiger partial charge in [0.1, 0.15) is 11.9 Å². The molecule has 0 aromatic heterocycles. The summed E-state index contributed by atoms with van der Waals surface area (Å²) in [6.07, 6.45) is 1.60. The van der Waals surface area contributed by atoms with Crippen LogP contribution in [0.15, 0.2) is 24.3 Å². The number of ether oxygens (including phenoxy) is 1. The number of amides is 1. The Kier molecular flexibility index (Phi) is 2.99. The third-order valence-electron chi connectivity index (χ3n) is 2.92. The van der Waals surface area contributed by atoms with E-state index in [0.29, 0.717) is 6.42 Å². The maximum atomic E-state index is 11.3. The van der Waals surface area contributed by atoms with Gasteiger partial charge in [-0.2, -0.15) is 0 Å². The van der Waals surface area contributed by atoms with E-state index in [-0.39, 0.29) is 12.1 Å². The van der Waals surface area contributed by atoms with Crippen LogP contribution in [0.25, 0.3) is 0 Å². The number of benzene rings is 1. The number of nitrogens with zero attached hydrogens (tertiary/aromatic N) is 1. The fraction of sp³-hybridized carbons (Fsp3) is 0.417. The van der Waals surface area contributed by atoms with E-state index in [0.717, 1.165) is 17.9 Å². The van der Waals surface area contributed by atoms with Crippen molar-refractivity contribution in [1.82, 2.24) is 4.90 Å². The molecule has 0 aliphatic carbocycles. The minimum Gasteiger partial charge on any atom is -0.497 e. The van der Waals surface area contributed by atoms with E-state index >= 15 is 0 Å². The Hall–Kier alpha value is -1.71. The quantitative estimate of drug-likeness (QED) is 0.842. The Morgan fingerprint density at radius 1 is 1.38 bits per heavy atom. The van der Waals surface area contributed by atoms with Gasteiger partial charge in [0.15, 0.2) is 0 Å². The van der Waals surface area contributed by atoms with Crippen LogP contribution in [0.4, 0.5) is 5.69 Å². The number of rotatable bonds is 3. The highest BCUT2D eigenvalue weighted by atomic mass is 16.5. The zero-order valence-corrected chi connectivity index (χ0v) is 9.56. The average Bonchev–Trinajstić information content (AvgIpc) is 2.62. The fourth-order valence-corrected chi connectivity index (χ4v) is 1.85. The highest BCUT2D eigenvalue weighted by Gasteiger charge is 2.27. The van der Waals surface area contributed by atoms with Crippen LogP contribution in [0.2, 0.25) is 0 Å². The molecule has 0 saturated carbocycles. The van der Waals surface area contributed by atoms with E-state index in [1.54, 1.807) is 12.0 Å². The van der Waals surface area contributed by atoms with Crippen LogP contribution in [0.3, 0.4) is 0 Å². The summed E-state index contributed by atoms with van der Waals surface area (Å²) >= 11 is 0. The Labute approximate surface area is 95.2 Å². The summed E-state index contributed by atoms with van der Waals surface area (Å²) in [5, 5.41) is 3.32. The molecule has 1 N–H and O–H groups in total. The molecule has 1 aromatic rings. The molecule has 16 heavy (non-hydrogen) atoms. The lowest BCUT2D eigenvalue weighted by atomic mass is 10.2. The summed E-state index contributed by atoms with van der Waals surface area (Å²) in [6, 6.07) is 7.71. The van der Waals surface area contributed by atoms with Crippen LogP contribution >= 0.6 is 0 Å². The summed E-state index contributed by atoms with van der Waals surface area (Å²) in [5.74, 6) is 1.03. The van der Waals surface area contributed by atoms with Gasteiger partial charge in [0, 0.05) is 19.2 Å². The number of carbonyl (C=O) groups excluding carboxylic acids is 1. The molecule has 0 radical (unpaired) electrons. The molecule has 1 aliphatic heterocycles. The van der Waals surface area contributed by atoms with Crippen LogP contribution in [0, 0.1) is 0 Å². The fourth-order valence-electron chi connectivity index (χ4n) is 1.85. The second kappa shape index (κ2) is 4.43. The molecule has 4 nitrogen and oxygen atoms in total. The van der Waals surface area contributed by atoms with Gasteiger partial charge in [-0.25, -0.2) is 0 Å². The van der Waals surface area contributed by atoms with Crippen molar-refractivity contribution in [3.63, 3.8) is 0 Å². The molecule has 0 spiro atoms. The molecule has 0 bridgehead atoms. The van der Waals surface area contributed by atoms with Crippen LogP contribution in [-0.2, 0) is 4.79 Å². The van der Waals surface area contributed by atoms with Gasteiger partial charge in [0.2, 0.25) is 5.91 Å². The number of methoxy groups -OCH3 is 1. The molecule has 1 atom stereocenters. The second-order valence-electron chi connectivity index (χ2n) is 3.93. The maximum absolute atomic E-state index is 11.3. The number of carbonyl (C=O) groups is 1. The first-order valence-corrected chi connectivity index (χ1v) is 5.37. The summed E-state index contributed by atoms with van der Waals surface area (Å²) in [6.45, 7) is 0. The summed E-state index contributed by atoms with van der Waals surface area (Å²) < 4.78 is 5.09. The maximum Gasteiger partial charge on any atom is 0.224 e. The number of hydrogen-bond acceptors (Lipinski definition) is 3. The molecule has 1 aliphatic rings. The molecule has 1 aromatic carbocycles. The van der Waals surface area contributed by atoms with Gasteiger partial charge in [-0.15, -0.1) is 0 Å². The molecule has 86 valence electrons. The molecule has 1 saturated heterocycles. The number of anilines is 1. The van der Waals surface area contributed by atoms with Crippen molar-refractivity contribution < 1.29 is 9.53 Å². The van der Waals surface area contributed by atoms with Crippen molar-refractivity contribution in [3.05, 3.63) is 24.3 Å². The summed E-state index contributed by atoms with van der Waals surface area (Å²) in [7, 11) is 3.47. The Balaban J connectivity index is 2.01. The topological polar surface area (TPSA) is 41.6 Å². The smallest absolute Gasteiger partial charge is 0.224 e. The number of hydrogen-bond donors (Lipinski definition) is 1. The molecule has 1 fully saturated rings. The van der Waals surface area contributed by atoms with Crippen molar-refractivity contribution >= 4 is 11.6 Å². The van der Waals surface area contributed by atoms with Gasteiger partial charge >= 0.3 is 0 Å². The van der Waals surface area contributed by atoms with Crippen molar-refractivity contribution in [1.29, 1.82) is 0 Å². The van der Waals surface area contributed by atoms with Crippen LogP contribution in [0.5, 0.6) is 5.75 Å². The molecular formula is C12H16N2O2. The van der Waals surface area contributed by atoms with Crippen LogP contribution < -0.4 is 10.1 Å². The third-order valence-corrected chi connectivity index (χ3v) is 2.92. The van der Waals surface area contributed by atoms with Gasteiger partial charge in [0.05, 0.1) is 7.11 Å². The van der Waals surface area contributed by atoms with E-state index in [1.165, 1.54) is 0 Å². The van der Waals surface area contributed by atoms with Crippen molar-refractivity contribution in [3.8, 4) is 5.75 Å². The van der Waals surface area contributed by atoms with E-state index in [2.05, 4.69) is 5.32 Å². The van der Waals surface area contributed by atoms with E-state index in [9.17, 15) is 4.79 Å². The van der Waals surface area contributed by atoms with Crippen LogP contribution in [-0.4, -0.2) is 31.1 Å². The van der Waals surface area contributed by atoms with Gasteiger partial charge in [0.25, 0.3) is 0 Å². The molecule has 1 amide bonds. The molecule has 1 heterocycles. The van der Waals surface area contributed by atoms with Crippen molar-refractivity contribution in [2.75, 3.05) is 19.5 Å². The minimum atomic E-state index is 0.112. The zero-order chi connectivity index (χ0) is 11.5. The molecule has 0 unspecified atom stereocenters. The van der Waals surface area contributed by atoms with Gasteiger partial charge in [-0.3, -0.25) is 4.79 Å². The van der Waals surface area contributed by atoms with Crippen molar-refractivity contribution in [2.24, 2.45) is 0 Å². The lowest BCUT2D eigenvalue weighted by Crippen LogP contribution is -2.34. The standard InChI is InChI=1S/C12H16N2O2/c1-14-11(7-8-12(14)15)13-9-3-5-10(16-2)6-4-9/h3-6,11,13H,7-8H2,1-2H3/t11-/m1/s1. The summed E-state index contributed by atoms with van der Waals surface area (Å²) in [4.78, 5) is 13.1. The number of likely N-dealkylation sites (tertiary alicyclic amines) is 1. The highest BCUT2D eigenvalue weighted by molar-refractivity contribution is 5.79. The normalized spacial score (nSPS) is 20.0.